The minimum atomic E-state index is -0.325. The molecule has 1 saturated carbocycles. The second kappa shape index (κ2) is 6.16. The SMILES string of the molecule is CCC(C)C1NC(=O)CN(C2CCCC2SC)C1=O. The van der Waals surface area contributed by atoms with Gasteiger partial charge in [0.2, 0.25) is 11.8 Å². The van der Waals surface area contributed by atoms with Crippen LogP contribution in [0.2, 0.25) is 0 Å². The lowest BCUT2D eigenvalue weighted by Crippen LogP contribution is -2.63. The highest BCUT2D eigenvalue weighted by molar-refractivity contribution is 7.99. The summed E-state index contributed by atoms with van der Waals surface area (Å²) < 4.78 is 0. The summed E-state index contributed by atoms with van der Waals surface area (Å²) in [6.07, 6.45) is 6.36. The van der Waals surface area contributed by atoms with Crippen LogP contribution in [0.3, 0.4) is 0 Å². The molecular weight excluding hydrogens is 260 g/mol. The Bertz CT molecular complexity index is 361. The molecule has 0 aromatic rings. The zero-order valence-electron chi connectivity index (χ0n) is 12.0. The molecule has 0 aromatic heterocycles. The van der Waals surface area contributed by atoms with Crippen LogP contribution in [0.1, 0.15) is 39.5 Å². The molecule has 1 N–H and O–H groups in total. The van der Waals surface area contributed by atoms with Gasteiger partial charge >= 0.3 is 0 Å². The third kappa shape index (κ3) is 2.91. The van der Waals surface area contributed by atoms with Crippen molar-refractivity contribution >= 4 is 23.6 Å². The molecule has 0 aromatic carbocycles. The second-order valence-electron chi connectivity index (χ2n) is 5.67. The number of carbonyl (C=O) groups excluding carboxylic acids is 2. The summed E-state index contributed by atoms with van der Waals surface area (Å²) in [7, 11) is 0. The van der Waals surface area contributed by atoms with Gasteiger partial charge in [-0.1, -0.05) is 26.7 Å². The molecular formula is C14H24N2O2S. The Kier molecular flexibility index (Phi) is 4.76. The van der Waals surface area contributed by atoms with Crippen molar-refractivity contribution in [3.05, 3.63) is 0 Å². The smallest absolute Gasteiger partial charge is 0.246 e. The molecule has 2 amide bonds. The van der Waals surface area contributed by atoms with Gasteiger partial charge in [-0.15, -0.1) is 0 Å². The molecule has 19 heavy (non-hydrogen) atoms. The van der Waals surface area contributed by atoms with Crippen molar-refractivity contribution in [1.29, 1.82) is 0 Å². The lowest BCUT2D eigenvalue weighted by atomic mass is 9.95. The molecule has 4 nitrogen and oxygen atoms in total. The van der Waals surface area contributed by atoms with Gasteiger partial charge in [0, 0.05) is 11.3 Å². The van der Waals surface area contributed by atoms with Gasteiger partial charge in [-0.05, 0) is 25.0 Å². The summed E-state index contributed by atoms with van der Waals surface area (Å²) in [5.74, 6) is 0.324. The summed E-state index contributed by atoms with van der Waals surface area (Å²) >= 11 is 1.83. The van der Waals surface area contributed by atoms with E-state index in [0.717, 1.165) is 25.7 Å². The number of amides is 2. The first-order valence-corrected chi connectivity index (χ1v) is 8.49. The summed E-state index contributed by atoms with van der Waals surface area (Å²) in [4.78, 5) is 26.4. The molecule has 2 fully saturated rings. The number of rotatable bonds is 4. The fraction of sp³-hybridized carbons (Fsp3) is 0.857. The minimum Gasteiger partial charge on any atom is -0.342 e. The molecule has 4 unspecified atom stereocenters. The van der Waals surface area contributed by atoms with Crippen molar-refractivity contribution in [2.45, 2.75) is 56.9 Å². The first kappa shape index (κ1) is 14.7. The third-order valence-electron chi connectivity index (χ3n) is 4.51. The van der Waals surface area contributed by atoms with Crippen LogP contribution in [0.15, 0.2) is 0 Å². The zero-order chi connectivity index (χ0) is 14.0. The fourth-order valence-electron chi connectivity index (χ4n) is 3.13. The van der Waals surface area contributed by atoms with E-state index in [2.05, 4.69) is 18.5 Å². The van der Waals surface area contributed by atoms with Crippen LogP contribution in [0.5, 0.6) is 0 Å². The van der Waals surface area contributed by atoms with Gasteiger partial charge in [0.15, 0.2) is 0 Å². The molecule has 0 bridgehead atoms. The summed E-state index contributed by atoms with van der Waals surface area (Å²) in [6, 6.07) is -0.0746. The highest BCUT2D eigenvalue weighted by Crippen LogP contribution is 2.33. The monoisotopic (exact) mass is 284 g/mol. The van der Waals surface area contributed by atoms with Crippen molar-refractivity contribution in [3.63, 3.8) is 0 Å². The number of carbonyl (C=O) groups is 2. The van der Waals surface area contributed by atoms with Gasteiger partial charge in [0.25, 0.3) is 0 Å². The van der Waals surface area contributed by atoms with E-state index < -0.39 is 0 Å². The minimum absolute atomic E-state index is 0.00310. The Morgan fingerprint density at radius 1 is 1.42 bits per heavy atom. The van der Waals surface area contributed by atoms with E-state index in [1.54, 1.807) is 0 Å². The average molecular weight is 284 g/mol. The quantitative estimate of drug-likeness (QED) is 0.854. The lowest BCUT2D eigenvalue weighted by Gasteiger charge is -2.40. The highest BCUT2D eigenvalue weighted by atomic mass is 32.2. The second-order valence-corrected chi connectivity index (χ2v) is 6.75. The molecule has 1 aliphatic heterocycles. The first-order valence-electron chi connectivity index (χ1n) is 7.21. The van der Waals surface area contributed by atoms with Gasteiger partial charge in [-0.3, -0.25) is 9.59 Å². The van der Waals surface area contributed by atoms with Crippen LogP contribution in [0, 0.1) is 5.92 Å². The lowest BCUT2D eigenvalue weighted by molar-refractivity contribution is -0.147. The summed E-state index contributed by atoms with van der Waals surface area (Å²) in [6.45, 7) is 4.34. The summed E-state index contributed by atoms with van der Waals surface area (Å²) in [5.41, 5.74) is 0. The van der Waals surface area contributed by atoms with E-state index in [-0.39, 0.29) is 36.4 Å². The zero-order valence-corrected chi connectivity index (χ0v) is 12.8. The predicted molar refractivity (Wildman–Crippen MR) is 78.0 cm³/mol. The van der Waals surface area contributed by atoms with Crippen LogP contribution in [0.4, 0.5) is 0 Å². The Hall–Kier alpha value is -0.710. The largest absolute Gasteiger partial charge is 0.342 e. The number of nitrogens with one attached hydrogen (secondary N) is 1. The van der Waals surface area contributed by atoms with E-state index in [1.165, 1.54) is 0 Å². The van der Waals surface area contributed by atoms with Gasteiger partial charge in [-0.2, -0.15) is 11.8 Å². The summed E-state index contributed by atoms with van der Waals surface area (Å²) in [5, 5.41) is 3.36. The fourth-order valence-corrected chi connectivity index (χ4v) is 4.13. The van der Waals surface area contributed by atoms with Crippen molar-refractivity contribution in [2.75, 3.05) is 12.8 Å². The predicted octanol–water partition coefficient (Wildman–Crippen LogP) is 1.64. The van der Waals surface area contributed by atoms with Gasteiger partial charge < -0.3 is 10.2 Å². The molecule has 0 radical (unpaired) electrons. The molecule has 0 spiro atoms. The van der Waals surface area contributed by atoms with E-state index in [0.29, 0.717) is 5.25 Å². The van der Waals surface area contributed by atoms with Gasteiger partial charge in [0.1, 0.15) is 6.04 Å². The number of piperazine rings is 1. The molecule has 108 valence electrons. The van der Waals surface area contributed by atoms with E-state index in [9.17, 15) is 9.59 Å². The highest BCUT2D eigenvalue weighted by Gasteiger charge is 2.42. The maximum atomic E-state index is 12.6. The molecule has 2 rings (SSSR count). The van der Waals surface area contributed by atoms with Crippen LogP contribution in [0.25, 0.3) is 0 Å². The first-order chi connectivity index (χ1) is 9.08. The molecule has 4 atom stereocenters. The molecule has 1 heterocycles. The van der Waals surface area contributed by atoms with Crippen molar-refractivity contribution < 1.29 is 9.59 Å². The Morgan fingerprint density at radius 2 is 2.16 bits per heavy atom. The molecule has 2 aliphatic rings. The van der Waals surface area contributed by atoms with Crippen LogP contribution >= 0.6 is 11.8 Å². The van der Waals surface area contributed by atoms with Crippen LogP contribution in [-0.2, 0) is 9.59 Å². The van der Waals surface area contributed by atoms with Crippen LogP contribution in [-0.4, -0.2) is 46.8 Å². The average Bonchev–Trinajstić information content (AvgIpc) is 2.88. The van der Waals surface area contributed by atoms with E-state index in [1.807, 2.05) is 23.6 Å². The van der Waals surface area contributed by atoms with E-state index >= 15 is 0 Å². The molecule has 5 heteroatoms. The molecule has 1 aliphatic carbocycles. The maximum absolute atomic E-state index is 12.6. The van der Waals surface area contributed by atoms with Crippen molar-refractivity contribution in [2.24, 2.45) is 5.92 Å². The Balaban J connectivity index is 2.15. The number of hydrogen-bond donors (Lipinski definition) is 1. The Morgan fingerprint density at radius 3 is 2.79 bits per heavy atom. The van der Waals surface area contributed by atoms with E-state index in [4.69, 9.17) is 0 Å². The Labute approximate surface area is 119 Å². The number of hydrogen-bond acceptors (Lipinski definition) is 3. The number of thioether (sulfide) groups is 1. The van der Waals surface area contributed by atoms with Crippen molar-refractivity contribution in [3.8, 4) is 0 Å². The van der Waals surface area contributed by atoms with Crippen LogP contribution < -0.4 is 5.32 Å². The topological polar surface area (TPSA) is 49.4 Å². The van der Waals surface area contributed by atoms with Gasteiger partial charge in [-0.25, -0.2) is 0 Å². The van der Waals surface area contributed by atoms with Crippen molar-refractivity contribution in [1.82, 2.24) is 10.2 Å². The normalized spacial score (nSPS) is 33.4. The molecule has 1 saturated heterocycles. The standard InChI is InChI=1S/C14H24N2O2S/c1-4-9(2)13-14(18)16(8-12(17)15-13)10-6-5-7-11(10)19-3/h9-11,13H,4-8H2,1-3H3,(H,15,17). The van der Waals surface area contributed by atoms with Gasteiger partial charge in [0.05, 0.1) is 6.54 Å². The maximum Gasteiger partial charge on any atom is 0.246 e. The third-order valence-corrected chi connectivity index (χ3v) is 5.67. The number of nitrogens with zero attached hydrogens (tertiary/aromatic N) is 1.